The van der Waals surface area contributed by atoms with E-state index in [1.54, 1.807) is 0 Å². The van der Waals surface area contributed by atoms with Gasteiger partial charge in [0.25, 0.3) is 0 Å². The summed E-state index contributed by atoms with van der Waals surface area (Å²) in [7, 11) is 0. The summed E-state index contributed by atoms with van der Waals surface area (Å²) < 4.78 is 5.09. The lowest BCUT2D eigenvalue weighted by Gasteiger charge is -2.28. The van der Waals surface area contributed by atoms with Gasteiger partial charge in [0.2, 0.25) is 0 Å². The van der Waals surface area contributed by atoms with E-state index in [2.05, 4.69) is 29.6 Å². The van der Waals surface area contributed by atoms with Crippen LogP contribution in [0.4, 0.5) is 0 Å². The third-order valence-corrected chi connectivity index (χ3v) is 3.78. The summed E-state index contributed by atoms with van der Waals surface area (Å²) in [6, 6.07) is 11.0. The molecule has 3 heteroatoms. The van der Waals surface area contributed by atoms with Crippen molar-refractivity contribution in [1.82, 2.24) is 5.32 Å². The highest BCUT2D eigenvalue weighted by Gasteiger charge is 2.26. The quantitative estimate of drug-likeness (QED) is 0.828. The van der Waals surface area contributed by atoms with Crippen molar-refractivity contribution in [2.75, 3.05) is 6.61 Å². The number of esters is 1. The Kier molecular flexibility index (Phi) is 5.40. The number of ether oxygens (including phenoxy) is 1. The van der Waals surface area contributed by atoms with Crippen LogP contribution in [0.25, 0.3) is 0 Å². The van der Waals surface area contributed by atoms with Gasteiger partial charge < -0.3 is 10.1 Å². The van der Waals surface area contributed by atoms with Crippen molar-refractivity contribution in [3.8, 4) is 0 Å². The minimum Gasteiger partial charge on any atom is -0.466 e. The molecule has 1 aromatic carbocycles. The van der Waals surface area contributed by atoms with Crippen LogP contribution in [0.5, 0.6) is 0 Å². The van der Waals surface area contributed by atoms with Crippen molar-refractivity contribution in [3.05, 3.63) is 35.9 Å². The van der Waals surface area contributed by atoms with Crippen LogP contribution in [0.2, 0.25) is 0 Å². The molecule has 0 bridgehead atoms. The smallest absolute Gasteiger partial charge is 0.308 e. The SMILES string of the molecule is CCOC(=O)C1CCC(NCc2ccccc2)CC1. The van der Waals surface area contributed by atoms with Gasteiger partial charge in [-0.1, -0.05) is 30.3 Å². The van der Waals surface area contributed by atoms with Gasteiger partial charge in [-0.25, -0.2) is 0 Å². The minimum atomic E-state index is -0.0102. The molecule has 1 aliphatic rings. The molecule has 2 rings (SSSR count). The molecule has 0 amide bonds. The number of carbonyl (C=O) groups is 1. The first-order valence-corrected chi connectivity index (χ1v) is 7.23. The number of carbonyl (C=O) groups excluding carboxylic acids is 1. The van der Waals surface area contributed by atoms with Crippen LogP contribution in [0.1, 0.15) is 38.2 Å². The van der Waals surface area contributed by atoms with E-state index in [0.717, 1.165) is 32.2 Å². The maximum absolute atomic E-state index is 11.6. The molecule has 0 radical (unpaired) electrons. The van der Waals surface area contributed by atoms with E-state index in [-0.39, 0.29) is 11.9 Å². The Morgan fingerprint density at radius 2 is 1.89 bits per heavy atom. The van der Waals surface area contributed by atoms with E-state index < -0.39 is 0 Å². The van der Waals surface area contributed by atoms with Crippen LogP contribution in [0.3, 0.4) is 0 Å². The Labute approximate surface area is 115 Å². The maximum atomic E-state index is 11.6. The Bertz CT molecular complexity index is 383. The zero-order valence-electron chi connectivity index (χ0n) is 11.6. The summed E-state index contributed by atoms with van der Waals surface area (Å²) in [6.07, 6.45) is 4.03. The zero-order chi connectivity index (χ0) is 13.5. The maximum Gasteiger partial charge on any atom is 0.308 e. The fourth-order valence-electron chi connectivity index (χ4n) is 2.65. The highest BCUT2D eigenvalue weighted by molar-refractivity contribution is 5.72. The molecule has 0 atom stereocenters. The second-order valence-electron chi connectivity index (χ2n) is 5.17. The van der Waals surface area contributed by atoms with Crippen LogP contribution in [0.15, 0.2) is 30.3 Å². The molecule has 0 aliphatic heterocycles. The third-order valence-electron chi connectivity index (χ3n) is 3.78. The van der Waals surface area contributed by atoms with E-state index >= 15 is 0 Å². The van der Waals surface area contributed by atoms with E-state index in [9.17, 15) is 4.79 Å². The molecular weight excluding hydrogens is 238 g/mol. The zero-order valence-corrected chi connectivity index (χ0v) is 11.6. The van der Waals surface area contributed by atoms with Crippen molar-refractivity contribution in [2.24, 2.45) is 5.92 Å². The van der Waals surface area contributed by atoms with Crippen LogP contribution in [-0.2, 0) is 16.1 Å². The molecule has 0 unspecified atom stereocenters. The monoisotopic (exact) mass is 261 g/mol. The molecule has 1 N–H and O–H groups in total. The molecule has 1 fully saturated rings. The van der Waals surface area contributed by atoms with Crippen molar-refractivity contribution in [3.63, 3.8) is 0 Å². The van der Waals surface area contributed by atoms with Gasteiger partial charge in [0.1, 0.15) is 0 Å². The topological polar surface area (TPSA) is 38.3 Å². The van der Waals surface area contributed by atoms with Crippen LogP contribution >= 0.6 is 0 Å². The van der Waals surface area contributed by atoms with Crippen LogP contribution < -0.4 is 5.32 Å². The minimum absolute atomic E-state index is 0.0102. The lowest BCUT2D eigenvalue weighted by atomic mass is 9.86. The van der Waals surface area contributed by atoms with E-state index in [4.69, 9.17) is 4.74 Å². The van der Waals surface area contributed by atoms with E-state index in [1.165, 1.54) is 5.56 Å². The summed E-state index contributed by atoms with van der Waals surface area (Å²) in [4.78, 5) is 11.6. The lowest BCUT2D eigenvalue weighted by molar-refractivity contribution is -0.149. The standard InChI is InChI=1S/C16H23NO2/c1-2-19-16(18)14-8-10-15(11-9-14)17-12-13-6-4-3-5-7-13/h3-7,14-15,17H,2,8-12H2,1H3. The molecule has 3 nitrogen and oxygen atoms in total. The number of rotatable bonds is 5. The number of benzene rings is 1. The van der Waals surface area contributed by atoms with Gasteiger partial charge in [0.05, 0.1) is 12.5 Å². The first-order chi connectivity index (χ1) is 9.29. The first kappa shape index (κ1) is 14.1. The Morgan fingerprint density at radius 1 is 1.21 bits per heavy atom. The summed E-state index contributed by atoms with van der Waals surface area (Å²) in [5.41, 5.74) is 1.31. The van der Waals surface area contributed by atoms with Gasteiger partial charge in [-0.15, -0.1) is 0 Å². The van der Waals surface area contributed by atoms with Gasteiger partial charge in [-0.3, -0.25) is 4.79 Å². The summed E-state index contributed by atoms with van der Waals surface area (Å²) in [5.74, 6) is 0.110. The predicted molar refractivity (Wildman–Crippen MR) is 75.7 cm³/mol. The summed E-state index contributed by atoms with van der Waals surface area (Å²) in [5, 5.41) is 3.58. The summed E-state index contributed by atoms with van der Waals surface area (Å²) >= 11 is 0. The van der Waals surface area contributed by atoms with Gasteiger partial charge >= 0.3 is 5.97 Å². The normalized spacial score (nSPS) is 23.0. The third kappa shape index (κ3) is 4.35. The van der Waals surface area contributed by atoms with Crippen molar-refractivity contribution in [2.45, 2.75) is 45.2 Å². The molecule has 0 spiro atoms. The molecule has 104 valence electrons. The molecule has 1 aliphatic carbocycles. The van der Waals surface area contributed by atoms with Crippen LogP contribution in [-0.4, -0.2) is 18.6 Å². The van der Waals surface area contributed by atoms with Crippen molar-refractivity contribution < 1.29 is 9.53 Å². The van der Waals surface area contributed by atoms with Gasteiger partial charge in [-0.05, 0) is 38.2 Å². The molecule has 0 heterocycles. The average Bonchev–Trinajstić information content (AvgIpc) is 2.47. The molecular formula is C16H23NO2. The molecule has 1 saturated carbocycles. The summed E-state index contributed by atoms with van der Waals surface area (Å²) in [6.45, 7) is 3.27. The number of nitrogens with one attached hydrogen (secondary N) is 1. The highest BCUT2D eigenvalue weighted by atomic mass is 16.5. The second-order valence-corrected chi connectivity index (χ2v) is 5.17. The van der Waals surface area contributed by atoms with E-state index in [1.807, 2.05) is 13.0 Å². The predicted octanol–water partition coefficient (Wildman–Crippen LogP) is 2.90. The Hall–Kier alpha value is -1.35. The Morgan fingerprint density at radius 3 is 2.53 bits per heavy atom. The molecule has 0 aromatic heterocycles. The molecule has 1 aromatic rings. The largest absolute Gasteiger partial charge is 0.466 e. The van der Waals surface area contributed by atoms with Gasteiger partial charge in [-0.2, -0.15) is 0 Å². The average molecular weight is 261 g/mol. The van der Waals surface area contributed by atoms with Crippen molar-refractivity contribution >= 4 is 5.97 Å². The van der Waals surface area contributed by atoms with Crippen molar-refractivity contribution in [1.29, 1.82) is 0 Å². The molecule has 19 heavy (non-hydrogen) atoms. The molecule has 0 saturated heterocycles. The second kappa shape index (κ2) is 7.29. The first-order valence-electron chi connectivity index (χ1n) is 7.23. The van der Waals surface area contributed by atoms with Gasteiger partial charge in [0.15, 0.2) is 0 Å². The Balaban J connectivity index is 1.70. The van der Waals surface area contributed by atoms with Crippen LogP contribution in [0, 0.1) is 5.92 Å². The number of hydrogen-bond acceptors (Lipinski definition) is 3. The lowest BCUT2D eigenvalue weighted by Crippen LogP contribution is -2.35. The fraction of sp³-hybridized carbons (Fsp3) is 0.562. The highest BCUT2D eigenvalue weighted by Crippen LogP contribution is 2.25. The number of hydrogen-bond donors (Lipinski definition) is 1. The van der Waals surface area contributed by atoms with Gasteiger partial charge in [0, 0.05) is 12.6 Å². The fourth-order valence-corrected chi connectivity index (χ4v) is 2.65. The van der Waals surface area contributed by atoms with E-state index in [0.29, 0.717) is 12.6 Å².